The molecule has 1 aromatic carbocycles. The van der Waals surface area contributed by atoms with Crippen molar-refractivity contribution in [3.63, 3.8) is 0 Å². The number of methoxy groups -OCH3 is 1. The van der Waals surface area contributed by atoms with Gasteiger partial charge in [0.2, 0.25) is 0 Å². The van der Waals surface area contributed by atoms with Crippen LogP contribution in [0.3, 0.4) is 0 Å². The summed E-state index contributed by atoms with van der Waals surface area (Å²) in [5, 5.41) is 5.22. The number of terminal acetylenes is 1. The first kappa shape index (κ1) is 8.64. The number of fused-ring (bicyclic) bond motifs is 1. The van der Waals surface area contributed by atoms with E-state index >= 15 is 0 Å². The highest BCUT2D eigenvalue weighted by atomic mass is 16.5. The molecule has 0 aliphatic heterocycles. The fourth-order valence-corrected chi connectivity index (χ4v) is 1.40. The molecule has 0 bridgehead atoms. The molecule has 14 heavy (non-hydrogen) atoms. The number of benzene rings is 1. The Morgan fingerprint density at radius 1 is 1.57 bits per heavy atom. The predicted molar refractivity (Wildman–Crippen MR) is 55.1 cm³/mol. The van der Waals surface area contributed by atoms with E-state index in [4.69, 9.17) is 11.2 Å². The Hall–Kier alpha value is -1.95. The van der Waals surface area contributed by atoms with Crippen molar-refractivity contribution < 1.29 is 4.74 Å². The molecule has 0 atom stereocenters. The van der Waals surface area contributed by atoms with Crippen molar-refractivity contribution in [3.8, 4) is 18.1 Å². The van der Waals surface area contributed by atoms with Crippen LogP contribution in [0.5, 0.6) is 5.75 Å². The fourth-order valence-electron chi connectivity index (χ4n) is 1.40. The van der Waals surface area contributed by atoms with Crippen LogP contribution in [0.25, 0.3) is 10.9 Å². The topological polar surface area (TPSA) is 27.1 Å². The second-order valence-corrected chi connectivity index (χ2v) is 2.93. The lowest BCUT2D eigenvalue weighted by atomic mass is 10.2. The van der Waals surface area contributed by atoms with Crippen LogP contribution >= 0.6 is 0 Å². The SMILES string of the molecule is C#CCn1ncc2cc(OC)ccc21. The zero-order valence-corrected chi connectivity index (χ0v) is 7.90. The van der Waals surface area contributed by atoms with Crippen LogP contribution in [0.15, 0.2) is 24.4 Å². The molecule has 0 aliphatic carbocycles. The quantitative estimate of drug-likeness (QED) is 0.667. The number of rotatable bonds is 2. The van der Waals surface area contributed by atoms with E-state index < -0.39 is 0 Å². The molecule has 2 rings (SSSR count). The molecule has 0 aliphatic rings. The normalized spacial score (nSPS) is 10.0. The summed E-state index contributed by atoms with van der Waals surface area (Å²) in [6.45, 7) is 0.496. The monoisotopic (exact) mass is 186 g/mol. The zero-order chi connectivity index (χ0) is 9.97. The van der Waals surface area contributed by atoms with Crippen LogP contribution in [-0.2, 0) is 6.54 Å². The summed E-state index contributed by atoms with van der Waals surface area (Å²) in [5.41, 5.74) is 1.03. The number of hydrogen-bond donors (Lipinski definition) is 0. The smallest absolute Gasteiger partial charge is 0.119 e. The van der Waals surface area contributed by atoms with Gasteiger partial charge in [-0.25, -0.2) is 0 Å². The Morgan fingerprint density at radius 3 is 3.14 bits per heavy atom. The van der Waals surface area contributed by atoms with Crippen LogP contribution in [0.4, 0.5) is 0 Å². The minimum Gasteiger partial charge on any atom is -0.497 e. The van der Waals surface area contributed by atoms with E-state index in [9.17, 15) is 0 Å². The van der Waals surface area contributed by atoms with Crippen molar-refractivity contribution >= 4 is 10.9 Å². The Balaban J connectivity index is 2.55. The van der Waals surface area contributed by atoms with Gasteiger partial charge in [0.15, 0.2) is 0 Å². The molecule has 1 heterocycles. The van der Waals surface area contributed by atoms with E-state index in [0.717, 1.165) is 16.7 Å². The number of nitrogens with zero attached hydrogens (tertiary/aromatic N) is 2. The highest BCUT2D eigenvalue weighted by molar-refractivity contribution is 5.80. The van der Waals surface area contributed by atoms with Gasteiger partial charge in [-0.2, -0.15) is 5.10 Å². The summed E-state index contributed by atoms with van der Waals surface area (Å²) in [6, 6.07) is 5.80. The van der Waals surface area contributed by atoms with Gasteiger partial charge in [-0.1, -0.05) is 5.92 Å². The molecule has 3 heteroatoms. The predicted octanol–water partition coefficient (Wildman–Crippen LogP) is 1.68. The van der Waals surface area contributed by atoms with E-state index in [2.05, 4.69) is 11.0 Å². The van der Waals surface area contributed by atoms with Crippen LogP contribution < -0.4 is 4.74 Å². The van der Waals surface area contributed by atoms with Crippen molar-refractivity contribution in [1.82, 2.24) is 9.78 Å². The summed E-state index contributed by atoms with van der Waals surface area (Å²) in [4.78, 5) is 0. The van der Waals surface area contributed by atoms with Crippen molar-refractivity contribution in [1.29, 1.82) is 0 Å². The molecule has 1 aromatic heterocycles. The second kappa shape index (κ2) is 3.43. The van der Waals surface area contributed by atoms with Crippen LogP contribution in [-0.4, -0.2) is 16.9 Å². The van der Waals surface area contributed by atoms with Gasteiger partial charge in [0.05, 0.1) is 18.8 Å². The molecule has 0 fully saturated rings. The van der Waals surface area contributed by atoms with Crippen molar-refractivity contribution in [2.75, 3.05) is 7.11 Å². The third-order valence-corrected chi connectivity index (χ3v) is 2.09. The van der Waals surface area contributed by atoms with E-state index in [1.54, 1.807) is 18.0 Å². The average Bonchev–Trinajstić information content (AvgIpc) is 2.61. The minimum absolute atomic E-state index is 0.496. The summed E-state index contributed by atoms with van der Waals surface area (Å²) in [5.74, 6) is 3.39. The number of ether oxygens (including phenoxy) is 1. The molecule has 70 valence electrons. The fraction of sp³-hybridized carbons (Fsp3) is 0.182. The number of hydrogen-bond acceptors (Lipinski definition) is 2. The highest BCUT2D eigenvalue weighted by Crippen LogP contribution is 2.19. The first-order valence-electron chi connectivity index (χ1n) is 4.28. The Kier molecular flexibility index (Phi) is 2.11. The summed E-state index contributed by atoms with van der Waals surface area (Å²) < 4.78 is 6.90. The summed E-state index contributed by atoms with van der Waals surface area (Å²) >= 11 is 0. The van der Waals surface area contributed by atoms with Crippen molar-refractivity contribution in [3.05, 3.63) is 24.4 Å². The summed E-state index contributed by atoms with van der Waals surface area (Å²) in [7, 11) is 1.65. The number of aromatic nitrogens is 2. The molecular formula is C11H10N2O. The van der Waals surface area contributed by atoms with Gasteiger partial charge in [-0.3, -0.25) is 4.68 Å². The molecule has 0 radical (unpaired) electrons. The van der Waals surface area contributed by atoms with E-state index in [0.29, 0.717) is 6.54 Å². The van der Waals surface area contributed by atoms with E-state index in [1.165, 1.54) is 0 Å². The molecule has 0 amide bonds. The first-order valence-corrected chi connectivity index (χ1v) is 4.28. The van der Waals surface area contributed by atoms with Crippen LogP contribution in [0, 0.1) is 12.3 Å². The van der Waals surface area contributed by atoms with Gasteiger partial charge in [0.1, 0.15) is 12.3 Å². The van der Waals surface area contributed by atoms with Crippen molar-refractivity contribution in [2.24, 2.45) is 0 Å². The maximum atomic E-state index is 5.23. The van der Waals surface area contributed by atoms with Gasteiger partial charge in [0, 0.05) is 5.39 Å². The average molecular weight is 186 g/mol. The van der Waals surface area contributed by atoms with Crippen molar-refractivity contribution in [2.45, 2.75) is 6.54 Å². The van der Waals surface area contributed by atoms with Gasteiger partial charge >= 0.3 is 0 Å². The van der Waals surface area contributed by atoms with E-state index in [1.807, 2.05) is 18.2 Å². The first-order chi connectivity index (χ1) is 6.85. The highest BCUT2D eigenvalue weighted by Gasteiger charge is 2.01. The van der Waals surface area contributed by atoms with E-state index in [-0.39, 0.29) is 0 Å². The lowest BCUT2D eigenvalue weighted by Crippen LogP contribution is -1.96. The van der Waals surface area contributed by atoms with Crippen LogP contribution in [0.1, 0.15) is 0 Å². The van der Waals surface area contributed by atoms with Gasteiger partial charge in [-0.05, 0) is 18.2 Å². The largest absolute Gasteiger partial charge is 0.497 e. The minimum atomic E-state index is 0.496. The molecule has 2 aromatic rings. The third-order valence-electron chi connectivity index (χ3n) is 2.09. The third kappa shape index (κ3) is 1.31. The Labute approximate surface area is 82.3 Å². The lowest BCUT2D eigenvalue weighted by molar-refractivity contribution is 0.415. The molecule has 3 nitrogen and oxygen atoms in total. The molecule has 0 saturated carbocycles. The maximum absolute atomic E-state index is 5.23. The molecule has 0 unspecified atom stereocenters. The maximum Gasteiger partial charge on any atom is 0.119 e. The molecule has 0 N–H and O–H groups in total. The van der Waals surface area contributed by atoms with Gasteiger partial charge in [-0.15, -0.1) is 6.42 Å². The van der Waals surface area contributed by atoms with Gasteiger partial charge in [0.25, 0.3) is 0 Å². The lowest BCUT2D eigenvalue weighted by Gasteiger charge is -2.00. The molecular weight excluding hydrogens is 176 g/mol. The Morgan fingerprint density at radius 2 is 2.43 bits per heavy atom. The molecule has 0 spiro atoms. The van der Waals surface area contributed by atoms with Gasteiger partial charge < -0.3 is 4.74 Å². The standard InChI is InChI=1S/C11H10N2O/c1-3-6-13-11-5-4-10(14-2)7-9(11)8-12-13/h1,4-5,7-8H,6H2,2H3. The summed E-state index contributed by atoms with van der Waals surface area (Å²) in [6.07, 6.45) is 7.02. The zero-order valence-electron chi connectivity index (χ0n) is 7.90. The molecule has 0 saturated heterocycles. The Bertz CT molecular complexity index is 493. The van der Waals surface area contributed by atoms with Crippen LogP contribution in [0.2, 0.25) is 0 Å². The second-order valence-electron chi connectivity index (χ2n) is 2.93.